The average molecular weight is 705 g/mol. The highest BCUT2D eigenvalue weighted by atomic mass is 31.2. The first-order chi connectivity index (χ1) is 23.0. The topological polar surface area (TPSA) is 108 Å². The van der Waals surface area contributed by atoms with E-state index in [0.717, 1.165) is 38.5 Å². The summed E-state index contributed by atoms with van der Waals surface area (Å²) in [5.41, 5.74) is 0. The lowest BCUT2D eigenvalue weighted by atomic mass is 10.0. The van der Waals surface area contributed by atoms with Crippen molar-refractivity contribution in [1.82, 2.24) is 5.32 Å². The molecule has 0 aromatic heterocycles. The minimum atomic E-state index is -4.53. The fourth-order valence-electron chi connectivity index (χ4n) is 6.04. The number of quaternary nitrogens is 1. The Labute approximate surface area is 298 Å². The Morgan fingerprint density at radius 3 is 1.42 bits per heavy atom. The molecular weight excluding hydrogens is 623 g/mol. The summed E-state index contributed by atoms with van der Waals surface area (Å²) in [7, 11) is 1.31. The van der Waals surface area contributed by atoms with Gasteiger partial charge in [-0.05, 0) is 12.8 Å². The molecular formula is C39H81N2O6P. The fourth-order valence-corrected chi connectivity index (χ4v) is 6.76. The molecule has 8 nitrogen and oxygen atoms in total. The molecule has 0 radical (unpaired) electrons. The van der Waals surface area contributed by atoms with E-state index in [1.54, 1.807) is 0 Å². The first kappa shape index (κ1) is 47.5. The third-order valence-corrected chi connectivity index (χ3v) is 10.3. The lowest BCUT2D eigenvalue weighted by molar-refractivity contribution is -0.870. The molecule has 3 atom stereocenters. The van der Waals surface area contributed by atoms with Gasteiger partial charge in [-0.2, -0.15) is 0 Å². The van der Waals surface area contributed by atoms with Gasteiger partial charge in [0.1, 0.15) is 13.2 Å². The number of nitrogens with zero attached hydrogens (tertiary/aromatic N) is 1. The Balaban J connectivity index is 3.87. The van der Waals surface area contributed by atoms with Crippen LogP contribution in [0.1, 0.15) is 194 Å². The van der Waals surface area contributed by atoms with Gasteiger partial charge < -0.3 is 28.8 Å². The smallest absolute Gasteiger partial charge is 0.268 e. The highest BCUT2D eigenvalue weighted by Crippen LogP contribution is 2.38. The van der Waals surface area contributed by atoms with Crippen LogP contribution in [0.15, 0.2) is 0 Å². The second kappa shape index (κ2) is 32.4. The number of amides is 1. The molecule has 0 rings (SSSR count). The van der Waals surface area contributed by atoms with Gasteiger partial charge in [-0.15, -0.1) is 0 Å². The molecule has 0 saturated heterocycles. The molecule has 48 heavy (non-hydrogen) atoms. The van der Waals surface area contributed by atoms with E-state index in [4.69, 9.17) is 9.05 Å². The molecule has 3 unspecified atom stereocenters. The van der Waals surface area contributed by atoms with Crippen LogP contribution >= 0.6 is 7.82 Å². The Hall–Kier alpha value is -0.500. The van der Waals surface area contributed by atoms with Gasteiger partial charge in [0.2, 0.25) is 5.91 Å². The maximum atomic E-state index is 12.7. The summed E-state index contributed by atoms with van der Waals surface area (Å²) in [5, 5.41) is 13.5. The first-order valence-electron chi connectivity index (χ1n) is 20.4. The van der Waals surface area contributed by atoms with Crippen LogP contribution in [0.25, 0.3) is 0 Å². The minimum Gasteiger partial charge on any atom is -0.756 e. The normalized spacial score (nSPS) is 14.6. The van der Waals surface area contributed by atoms with Crippen LogP contribution in [0.5, 0.6) is 0 Å². The summed E-state index contributed by atoms with van der Waals surface area (Å²) in [6, 6.07) is -0.789. The summed E-state index contributed by atoms with van der Waals surface area (Å²) in [5.74, 6) is -0.173. The average Bonchev–Trinajstić information content (AvgIpc) is 3.02. The van der Waals surface area contributed by atoms with E-state index in [-0.39, 0.29) is 19.1 Å². The Kier molecular flexibility index (Phi) is 32.1. The molecule has 0 aliphatic carbocycles. The number of unbranched alkanes of at least 4 members (excludes halogenated alkanes) is 24. The summed E-state index contributed by atoms with van der Waals surface area (Å²) in [6.45, 7) is 4.56. The van der Waals surface area contributed by atoms with Crippen LogP contribution in [0.4, 0.5) is 0 Å². The zero-order valence-corrected chi connectivity index (χ0v) is 33.4. The number of phosphoric ester groups is 1. The van der Waals surface area contributed by atoms with Crippen LogP contribution in [0, 0.1) is 0 Å². The maximum absolute atomic E-state index is 12.7. The number of hydrogen-bond acceptors (Lipinski definition) is 6. The van der Waals surface area contributed by atoms with Crippen LogP contribution < -0.4 is 10.2 Å². The first-order valence-corrected chi connectivity index (χ1v) is 21.8. The van der Waals surface area contributed by atoms with Crippen molar-refractivity contribution in [2.24, 2.45) is 0 Å². The Morgan fingerprint density at radius 2 is 1.02 bits per heavy atom. The van der Waals surface area contributed by atoms with Crippen molar-refractivity contribution in [3.05, 3.63) is 0 Å². The number of rotatable bonds is 37. The van der Waals surface area contributed by atoms with Gasteiger partial charge in [-0.3, -0.25) is 9.36 Å². The number of phosphoric acid groups is 1. The fraction of sp³-hybridized carbons (Fsp3) is 0.974. The molecule has 0 aliphatic rings. The summed E-state index contributed by atoms with van der Waals surface area (Å²) in [6.07, 6.45) is 33.4. The molecule has 0 spiro atoms. The molecule has 0 aromatic carbocycles. The molecule has 1 amide bonds. The van der Waals surface area contributed by atoms with Gasteiger partial charge in [0, 0.05) is 6.42 Å². The van der Waals surface area contributed by atoms with Gasteiger partial charge in [0.25, 0.3) is 7.82 Å². The zero-order chi connectivity index (χ0) is 35.8. The van der Waals surface area contributed by atoms with Crippen LogP contribution in [0.3, 0.4) is 0 Å². The second-order valence-electron chi connectivity index (χ2n) is 15.4. The predicted octanol–water partition coefficient (Wildman–Crippen LogP) is 10.0. The van der Waals surface area contributed by atoms with Gasteiger partial charge in [-0.25, -0.2) is 0 Å². The molecule has 288 valence electrons. The van der Waals surface area contributed by atoms with Crippen LogP contribution in [0.2, 0.25) is 0 Å². The number of aliphatic hydroxyl groups excluding tert-OH is 1. The molecule has 2 N–H and O–H groups in total. The lowest BCUT2D eigenvalue weighted by Crippen LogP contribution is -2.46. The molecule has 0 saturated carbocycles. The maximum Gasteiger partial charge on any atom is 0.268 e. The lowest BCUT2D eigenvalue weighted by Gasteiger charge is -2.30. The van der Waals surface area contributed by atoms with Gasteiger partial charge in [-0.1, -0.05) is 174 Å². The van der Waals surface area contributed by atoms with E-state index in [1.807, 2.05) is 21.1 Å². The molecule has 0 aromatic rings. The largest absolute Gasteiger partial charge is 0.756 e. The molecule has 9 heteroatoms. The molecule has 0 heterocycles. The van der Waals surface area contributed by atoms with Gasteiger partial charge in [0.15, 0.2) is 0 Å². The standard InChI is InChI=1S/C39H81N2O6P/c1-6-8-10-11-12-13-14-15-16-17-18-19-20-21-22-23-24-25-26-27-28-29-31-33-39(43)40-37(38(42)32-30-9-7-2)36-47-48(44,45)46-35-34-41(3,4)5/h37-38,42H,6-36H2,1-5H3,(H-,40,43,44,45). The highest BCUT2D eigenvalue weighted by Gasteiger charge is 2.24. The van der Waals surface area contributed by atoms with E-state index in [0.29, 0.717) is 23.9 Å². The van der Waals surface area contributed by atoms with Gasteiger partial charge >= 0.3 is 0 Å². The molecule has 0 fully saturated rings. The monoisotopic (exact) mass is 705 g/mol. The summed E-state index contributed by atoms with van der Waals surface area (Å²) in [4.78, 5) is 24.9. The van der Waals surface area contributed by atoms with Crippen molar-refractivity contribution in [3.8, 4) is 0 Å². The van der Waals surface area contributed by atoms with Crippen molar-refractivity contribution in [2.75, 3.05) is 40.9 Å². The van der Waals surface area contributed by atoms with Gasteiger partial charge in [0.05, 0.1) is 39.9 Å². The third kappa shape index (κ3) is 34.0. The number of carbonyl (C=O) groups is 1. The van der Waals surface area contributed by atoms with Crippen molar-refractivity contribution in [3.63, 3.8) is 0 Å². The molecule has 0 aliphatic heterocycles. The van der Waals surface area contributed by atoms with Crippen molar-refractivity contribution >= 4 is 13.7 Å². The number of aliphatic hydroxyl groups is 1. The molecule has 0 bridgehead atoms. The zero-order valence-electron chi connectivity index (χ0n) is 32.5. The van der Waals surface area contributed by atoms with Crippen molar-refractivity contribution in [1.29, 1.82) is 0 Å². The Bertz CT molecular complexity index is 763. The predicted molar refractivity (Wildman–Crippen MR) is 201 cm³/mol. The number of carbonyl (C=O) groups excluding carboxylic acids is 1. The SMILES string of the molecule is CCCCCCCCCCCCCCCCCCCCCCCCCC(=O)NC(COP(=O)([O-])OCC[N+](C)(C)C)C(O)CCCCC. The van der Waals surface area contributed by atoms with E-state index >= 15 is 0 Å². The van der Waals surface area contributed by atoms with E-state index in [2.05, 4.69) is 19.2 Å². The number of likely N-dealkylation sites (N-methyl/N-ethyl adjacent to an activating group) is 1. The van der Waals surface area contributed by atoms with E-state index < -0.39 is 20.0 Å². The Morgan fingerprint density at radius 1 is 0.646 bits per heavy atom. The summed E-state index contributed by atoms with van der Waals surface area (Å²) < 4.78 is 22.9. The van der Waals surface area contributed by atoms with Crippen molar-refractivity contribution in [2.45, 2.75) is 206 Å². The van der Waals surface area contributed by atoms with E-state index in [9.17, 15) is 19.4 Å². The second-order valence-corrected chi connectivity index (χ2v) is 16.8. The third-order valence-electron chi connectivity index (χ3n) is 9.35. The van der Waals surface area contributed by atoms with E-state index in [1.165, 1.54) is 128 Å². The van der Waals surface area contributed by atoms with Crippen LogP contribution in [-0.2, 0) is 18.4 Å². The minimum absolute atomic E-state index is 0.0138. The quantitative estimate of drug-likeness (QED) is 0.0379. The van der Waals surface area contributed by atoms with Crippen LogP contribution in [-0.4, -0.2) is 68.5 Å². The highest BCUT2D eigenvalue weighted by molar-refractivity contribution is 7.45. The number of hydrogen-bond donors (Lipinski definition) is 2. The van der Waals surface area contributed by atoms with Crippen molar-refractivity contribution < 1.29 is 32.9 Å². The summed E-state index contributed by atoms with van der Waals surface area (Å²) >= 11 is 0. The number of nitrogens with one attached hydrogen (secondary N) is 1.